The molecule has 108 valence electrons. The van der Waals surface area contributed by atoms with Crippen LogP contribution in [0.25, 0.3) is 0 Å². The summed E-state index contributed by atoms with van der Waals surface area (Å²) in [7, 11) is 0. The maximum atomic E-state index is 12.0. The van der Waals surface area contributed by atoms with Crippen molar-refractivity contribution in [2.45, 2.75) is 45.6 Å². The molecule has 1 saturated carbocycles. The van der Waals surface area contributed by atoms with Gasteiger partial charge in [-0.25, -0.2) is 4.79 Å². The summed E-state index contributed by atoms with van der Waals surface area (Å²) in [6, 6.07) is 0. The molecule has 5 heteroatoms. The maximum Gasteiger partial charge on any atom is 0.410 e. The molecule has 1 saturated heterocycles. The first-order chi connectivity index (χ1) is 8.78. The van der Waals surface area contributed by atoms with Crippen LogP contribution < -0.4 is 0 Å². The van der Waals surface area contributed by atoms with Crippen LogP contribution in [0.15, 0.2) is 0 Å². The lowest BCUT2D eigenvalue weighted by atomic mass is 9.74. The first-order valence-corrected chi connectivity index (χ1v) is 6.98. The van der Waals surface area contributed by atoms with Gasteiger partial charge in [0.2, 0.25) is 0 Å². The summed E-state index contributed by atoms with van der Waals surface area (Å²) >= 11 is 0. The van der Waals surface area contributed by atoms with Gasteiger partial charge in [0.1, 0.15) is 5.60 Å². The van der Waals surface area contributed by atoms with Crippen molar-refractivity contribution in [1.82, 2.24) is 4.90 Å². The van der Waals surface area contributed by atoms with Crippen LogP contribution in [0.5, 0.6) is 0 Å². The van der Waals surface area contributed by atoms with Crippen molar-refractivity contribution in [3.8, 4) is 0 Å². The lowest BCUT2D eigenvalue weighted by molar-refractivity contribution is -0.145. The Morgan fingerprint density at radius 2 is 1.89 bits per heavy atom. The standard InChI is InChI=1S/C14H23NO4/c1-14(2,3)19-13(18)15-7-9-5-4-6-10(12(16)17)11(9)8-15/h9-11H,4-8H2,1-3H3,(H,16,17)/t9-,10+,11-/m1/s1. The highest BCUT2D eigenvalue weighted by Crippen LogP contribution is 2.40. The molecule has 1 aliphatic carbocycles. The Labute approximate surface area is 113 Å². The van der Waals surface area contributed by atoms with Crippen molar-refractivity contribution in [3.05, 3.63) is 0 Å². The Kier molecular flexibility index (Phi) is 3.74. The molecule has 19 heavy (non-hydrogen) atoms. The lowest BCUT2D eigenvalue weighted by Gasteiger charge is -2.29. The van der Waals surface area contributed by atoms with E-state index in [-0.39, 0.29) is 17.9 Å². The van der Waals surface area contributed by atoms with Crippen molar-refractivity contribution in [3.63, 3.8) is 0 Å². The van der Waals surface area contributed by atoms with Crippen LogP contribution in [0.4, 0.5) is 4.79 Å². The van der Waals surface area contributed by atoms with Gasteiger partial charge in [0.15, 0.2) is 0 Å². The Hall–Kier alpha value is -1.26. The Bertz CT molecular complexity index is 374. The lowest BCUT2D eigenvalue weighted by Crippen LogP contribution is -2.36. The van der Waals surface area contributed by atoms with Crippen LogP contribution in [0.1, 0.15) is 40.0 Å². The number of nitrogens with zero attached hydrogens (tertiary/aromatic N) is 1. The molecule has 3 atom stereocenters. The fourth-order valence-electron chi connectivity index (χ4n) is 3.25. The van der Waals surface area contributed by atoms with Crippen LogP contribution in [0.3, 0.4) is 0 Å². The molecule has 0 aromatic carbocycles. The molecule has 2 fully saturated rings. The summed E-state index contributed by atoms with van der Waals surface area (Å²) in [6.07, 6.45) is 2.39. The highest BCUT2D eigenvalue weighted by Gasteiger charge is 2.45. The summed E-state index contributed by atoms with van der Waals surface area (Å²) in [5.41, 5.74) is -0.503. The SMILES string of the molecule is CC(C)(C)OC(=O)N1C[C@H]2CCC[C@H](C(=O)O)[C@@H]2C1. The molecule has 0 unspecified atom stereocenters. The average Bonchev–Trinajstić information content (AvgIpc) is 2.69. The van der Waals surface area contributed by atoms with Gasteiger partial charge in [0, 0.05) is 13.1 Å². The van der Waals surface area contributed by atoms with E-state index in [1.165, 1.54) is 0 Å². The molecule has 1 amide bonds. The molecule has 1 heterocycles. The number of ether oxygens (including phenoxy) is 1. The third-order valence-electron chi connectivity index (χ3n) is 4.07. The first kappa shape index (κ1) is 14.2. The molecule has 1 N–H and O–H groups in total. The van der Waals surface area contributed by atoms with Gasteiger partial charge >= 0.3 is 12.1 Å². The minimum absolute atomic E-state index is 0.0961. The van der Waals surface area contributed by atoms with E-state index in [2.05, 4.69) is 0 Å². The third-order valence-corrected chi connectivity index (χ3v) is 4.07. The number of hydrogen-bond donors (Lipinski definition) is 1. The number of amides is 1. The second kappa shape index (κ2) is 5.02. The van der Waals surface area contributed by atoms with Gasteiger partial charge in [0.25, 0.3) is 0 Å². The first-order valence-electron chi connectivity index (χ1n) is 6.98. The number of rotatable bonds is 1. The van der Waals surface area contributed by atoms with Crippen LogP contribution in [0.2, 0.25) is 0 Å². The molecule has 5 nitrogen and oxygen atoms in total. The van der Waals surface area contributed by atoms with Crippen molar-refractivity contribution in [2.75, 3.05) is 13.1 Å². The number of carbonyl (C=O) groups excluding carboxylic acids is 1. The monoisotopic (exact) mass is 269 g/mol. The fourth-order valence-corrected chi connectivity index (χ4v) is 3.25. The smallest absolute Gasteiger partial charge is 0.410 e. The van der Waals surface area contributed by atoms with Crippen LogP contribution in [0, 0.1) is 17.8 Å². The van der Waals surface area contributed by atoms with Gasteiger partial charge < -0.3 is 14.7 Å². The molecule has 0 bridgehead atoms. The van der Waals surface area contributed by atoms with Gasteiger partial charge in [-0.3, -0.25) is 4.79 Å². The van der Waals surface area contributed by atoms with Gasteiger partial charge in [-0.05, 0) is 45.4 Å². The van der Waals surface area contributed by atoms with E-state index in [1.807, 2.05) is 20.8 Å². The summed E-state index contributed by atoms with van der Waals surface area (Å²) in [5.74, 6) is -0.604. The largest absolute Gasteiger partial charge is 0.481 e. The summed E-state index contributed by atoms with van der Waals surface area (Å²) in [6.45, 7) is 6.69. The van der Waals surface area contributed by atoms with Crippen LogP contribution in [-0.4, -0.2) is 40.8 Å². The number of aliphatic carboxylic acids is 1. The molecule has 2 rings (SSSR count). The highest BCUT2D eigenvalue weighted by atomic mass is 16.6. The third kappa shape index (κ3) is 3.19. The molecule has 1 aliphatic heterocycles. The number of carboxylic acids is 1. The molecular formula is C14H23NO4. The second-order valence-electron chi connectivity index (χ2n) is 6.68. The minimum Gasteiger partial charge on any atom is -0.481 e. The maximum absolute atomic E-state index is 12.0. The topological polar surface area (TPSA) is 66.8 Å². The number of fused-ring (bicyclic) bond motifs is 1. The number of likely N-dealkylation sites (tertiary alicyclic amines) is 1. The molecule has 0 radical (unpaired) electrons. The predicted molar refractivity (Wildman–Crippen MR) is 69.8 cm³/mol. The van der Waals surface area contributed by atoms with E-state index >= 15 is 0 Å². The molecule has 0 aromatic heterocycles. The predicted octanol–water partition coefficient (Wildman–Crippen LogP) is 2.35. The van der Waals surface area contributed by atoms with Crippen LogP contribution >= 0.6 is 0 Å². The summed E-state index contributed by atoms with van der Waals surface area (Å²) in [4.78, 5) is 25.0. The molecular weight excluding hydrogens is 246 g/mol. The van der Waals surface area contributed by atoms with E-state index in [1.54, 1.807) is 4.90 Å². The molecule has 0 spiro atoms. The second-order valence-corrected chi connectivity index (χ2v) is 6.68. The summed E-state index contributed by atoms with van der Waals surface area (Å²) < 4.78 is 5.36. The van der Waals surface area contributed by atoms with E-state index in [0.717, 1.165) is 19.3 Å². The zero-order valence-corrected chi connectivity index (χ0v) is 11.9. The van der Waals surface area contributed by atoms with Crippen molar-refractivity contribution < 1.29 is 19.4 Å². The fraction of sp³-hybridized carbons (Fsp3) is 0.857. The molecule has 2 aliphatic rings. The van der Waals surface area contributed by atoms with E-state index in [0.29, 0.717) is 19.0 Å². The van der Waals surface area contributed by atoms with Gasteiger partial charge in [0.05, 0.1) is 5.92 Å². The number of hydrogen-bond acceptors (Lipinski definition) is 3. The van der Waals surface area contributed by atoms with Gasteiger partial charge in [-0.15, -0.1) is 0 Å². The zero-order chi connectivity index (χ0) is 14.2. The van der Waals surface area contributed by atoms with E-state index in [9.17, 15) is 14.7 Å². The van der Waals surface area contributed by atoms with Crippen molar-refractivity contribution >= 4 is 12.1 Å². The number of carboxylic acid groups (broad SMARTS) is 1. The highest BCUT2D eigenvalue weighted by molar-refractivity contribution is 5.72. The summed E-state index contributed by atoms with van der Waals surface area (Å²) in [5, 5.41) is 9.26. The normalized spacial score (nSPS) is 30.9. The average molecular weight is 269 g/mol. The Balaban J connectivity index is 2.01. The van der Waals surface area contributed by atoms with Crippen LogP contribution in [-0.2, 0) is 9.53 Å². The Morgan fingerprint density at radius 3 is 2.47 bits per heavy atom. The van der Waals surface area contributed by atoms with Crippen molar-refractivity contribution in [2.24, 2.45) is 17.8 Å². The minimum atomic E-state index is -0.722. The van der Waals surface area contributed by atoms with Gasteiger partial charge in [-0.1, -0.05) is 6.42 Å². The van der Waals surface area contributed by atoms with Crippen molar-refractivity contribution in [1.29, 1.82) is 0 Å². The number of carbonyl (C=O) groups is 2. The van der Waals surface area contributed by atoms with Gasteiger partial charge in [-0.2, -0.15) is 0 Å². The zero-order valence-electron chi connectivity index (χ0n) is 11.9. The Morgan fingerprint density at radius 1 is 1.21 bits per heavy atom. The quantitative estimate of drug-likeness (QED) is 0.793. The van der Waals surface area contributed by atoms with E-state index in [4.69, 9.17) is 4.74 Å². The molecule has 0 aromatic rings. The van der Waals surface area contributed by atoms with E-state index < -0.39 is 11.6 Å².